The minimum atomic E-state index is 0.457. The number of para-hydroxylation sites is 1. The molecule has 2 aromatic rings. The second kappa shape index (κ2) is 5.53. The van der Waals surface area contributed by atoms with Gasteiger partial charge in [0.05, 0.1) is 0 Å². The average molecular weight is 246 g/mol. The Balaban J connectivity index is 2.18. The molecule has 2 N–H and O–H groups in total. The van der Waals surface area contributed by atoms with Crippen LogP contribution in [0.3, 0.4) is 0 Å². The molecule has 18 heavy (non-hydrogen) atoms. The molecule has 0 spiro atoms. The maximum absolute atomic E-state index is 5.85. The Morgan fingerprint density at radius 3 is 2.72 bits per heavy atom. The molecule has 2 rings (SSSR count). The van der Waals surface area contributed by atoms with Crippen molar-refractivity contribution in [1.82, 2.24) is 4.98 Å². The van der Waals surface area contributed by atoms with E-state index < -0.39 is 0 Å². The van der Waals surface area contributed by atoms with Gasteiger partial charge in [0, 0.05) is 6.42 Å². The van der Waals surface area contributed by atoms with E-state index in [1.54, 1.807) is 0 Å². The van der Waals surface area contributed by atoms with E-state index >= 15 is 0 Å². The normalized spacial score (nSPS) is 13.4. The Morgan fingerprint density at radius 2 is 2.11 bits per heavy atom. The smallest absolute Gasteiger partial charge is 0.195 e. The van der Waals surface area contributed by atoms with E-state index in [1.807, 2.05) is 25.1 Å². The highest BCUT2D eigenvalue weighted by molar-refractivity contribution is 5.75. The van der Waals surface area contributed by atoms with Crippen LogP contribution in [0.5, 0.6) is 0 Å². The van der Waals surface area contributed by atoms with Crippen molar-refractivity contribution in [1.29, 1.82) is 0 Å². The lowest BCUT2D eigenvalue weighted by Crippen LogP contribution is -2.18. The number of benzene rings is 1. The Labute approximate surface area is 108 Å². The van der Waals surface area contributed by atoms with Crippen LogP contribution in [-0.4, -0.2) is 11.5 Å². The van der Waals surface area contributed by atoms with Gasteiger partial charge in [-0.2, -0.15) is 0 Å². The summed E-state index contributed by atoms with van der Waals surface area (Å²) in [6.07, 6.45) is 1.96. The molecule has 1 heterocycles. The fourth-order valence-corrected chi connectivity index (χ4v) is 2.40. The lowest BCUT2D eigenvalue weighted by molar-refractivity contribution is 0.380. The number of oxazole rings is 1. The summed E-state index contributed by atoms with van der Waals surface area (Å²) in [7, 11) is 0. The molecule has 3 heteroatoms. The summed E-state index contributed by atoms with van der Waals surface area (Å²) in [6, 6.07) is 6.06. The molecule has 0 radical (unpaired) electrons. The number of nitrogens with two attached hydrogens (primary N) is 1. The number of fused-ring (bicyclic) bond motifs is 1. The average Bonchev–Trinajstić information content (AvgIpc) is 2.71. The van der Waals surface area contributed by atoms with Crippen LogP contribution >= 0.6 is 0 Å². The Bertz CT molecular complexity index is 516. The third-order valence-electron chi connectivity index (χ3n) is 3.26. The topological polar surface area (TPSA) is 52.0 Å². The van der Waals surface area contributed by atoms with Gasteiger partial charge in [-0.1, -0.05) is 26.0 Å². The van der Waals surface area contributed by atoms with Crippen molar-refractivity contribution in [3.8, 4) is 0 Å². The van der Waals surface area contributed by atoms with E-state index in [9.17, 15) is 0 Å². The zero-order chi connectivity index (χ0) is 13.1. The molecule has 0 saturated heterocycles. The zero-order valence-electron chi connectivity index (χ0n) is 11.4. The third kappa shape index (κ3) is 2.91. The summed E-state index contributed by atoms with van der Waals surface area (Å²) in [5, 5.41) is 0. The SMILES string of the molecule is Cc1cccc2nc(CC(CN)CC(C)C)oc12. The van der Waals surface area contributed by atoms with Crippen molar-refractivity contribution in [2.45, 2.75) is 33.6 Å². The summed E-state index contributed by atoms with van der Waals surface area (Å²) < 4.78 is 5.85. The van der Waals surface area contributed by atoms with Gasteiger partial charge in [0.25, 0.3) is 0 Å². The lowest BCUT2D eigenvalue weighted by atomic mass is 9.94. The second-order valence-corrected chi connectivity index (χ2v) is 5.47. The van der Waals surface area contributed by atoms with E-state index in [0.29, 0.717) is 18.4 Å². The Morgan fingerprint density at radius 1 is 1.33 bits per heavy atom. The van der Waals surface area contributed by atoms with Gasteiger partial charge in [-0.05, 0) is 43.4 Å². The standard InChI is InChI=1S/C15H22N2O/c1-10(2)7-12(9-16)8-14-17-13-6-4-5-11(3)15(13)18-14/h4-6,10,12H,7-9,16H2,1-3H3. The molecule has 0 aliphatic rings. The van der Waals surface area contributed by atoms with Gasteiger partial charge in [-0.15, -0.1) is 0 Å². The van der Waals surface area contributed by atoms with Gasteiger partial charge >= 0.3 is 0 Å². The van der Waals surface area contributed by atoms with Crippen LogP contribution < -0.4 is 5.73 Å². The maximum atomic E-state index is 5.85. The second-order valence-electron chi connectivity index (χ2n) is 5.47. The molecule has 98 valence electrons. The van der Waals surface area contributed by atoms with Crippen molar-refractivity contribution in [3.63, 3.8) is 0 Å². The summed E-state index contributed by atoms with van der Waals surface area (Å²) in [6.45, 7) is 7.18. The molecule has 1 unspecified atom stereocenters. The van der Waals surface area contributed by atoms with Gasteiger partial charge in [-0.3, -0.25) is 0 Å². The summed E-state index contributed by atoms with van der Waals surface area (Å²) in [5.74, 6) is 1.93. The minimum absolute atomic E-state index is 0.457. The third-order valence-corrected chi connectivity index (χ3v) is 3.26. The minimum Gasteiger partial charge on any atom is -0.440 e. The van der Waals surface area contributed by atoms with Gasteiger partial charge in [0.1, 0.15) is 5.52 Å². The van der Waals surface area contributed by atoms with Crippen LogP contribution in [0.25, 0.3) is 11.1 Å². The highest BCUT2D eigenvalue weighted by atomic mass is 16.3. The number of hydrogen-bond donors (Lipinski definition) is 1. The Kier molecular flexibility index (Phi) is 4.02. The van der Waals surface area contributed by atoms with Crippen LogP contribution in [0.1, 0.15) is 31.7 Å². The molecule has 0 aliphatic heterocycles. The first-order valence-electron chi connectivity index (χ1n) is 6.65. The lowest BCUT2D eigenvalue weighted by Gasteiger charge is -2.14. The van der Waals surface area contributed by atoms with Crippen LogP contribution in [-0.2, 0) is 6.42 Å². The quantitative estimate of drug-likeness (QED) is 0.880. The predicted molar refractivity (Wildman–Crippen MR) is 74.4 cm³/mol. The molecule has 0 aliphatic carbocycles. The van der Waals surface area contributed by atoms with Crippen LogP contribution in [0.15, 0.2) is 22.6 Å². The highest BCUT2D eigenvalue weighted by Gasteiger charge is 2.15. The van der Waals surface area contributed by atoms with E-state index in [-0.39, 0.29) is 0 Å². The van der Waals surface area contributed by atoms with Crippen molar-refractivity contribution in [2.75, 3.05) is 6.54 Å². The molecule has 1 aromatic heterocycles. The van der Waals surface area contributed by atoms with Gasteiger partial charge < -0.3 is 10.2 Å². The zero-order valence-corrected chi connectivity index (χ0v) is 11.4. The van der Waals surface area contributed by atoms with Gasteiger partial charge in [0.2, 0.25) is 0 Å². The fraction of sp³-hybridized carbons (Fsp3) is 0.533. The largest absolute Gasteiger partial charge is 0.440 e. The fourth-order valence-electron chi connectivity index (χ4n) is 2.40. The number of nitrogens with zero attached hydrogens (tertiary/aromatic N) is 1. The monoisotopic (exact) mass is 246 g/mol. The van der Waals surface area contributed by atoms with E-state index in [1.165, 1.54) is 0 Å². The number of hydrogen-bond acceptors (Lipinski definition) is 3. The number of aromatic nitrogens is 1. The summed E-state index contributed by atoms with van der Waals surface area (Å²) in [5.41, 5.74) is 8.82. The molecular formula is C15H22N2O. The van der Waals surface area contributed by atoms with Crippen LogP contribution in [0, 0.1) is 18.8 Å². The van der Waals surface area contributed by atoms with Crippen LogP contribution in [0.2, 0.25) is 0 Å². The first-order chi connectivity index (χ1) is 8.60. The molecule has 0 amide bonds. The first-order valence-corrected chi connectivity index (χ1v) is 6.65. The molecule has 1 atom stereocenters. The molecule has 0 bridgehead atoms. The summed E-state index contributed by atoms with van der Waals surface area (Å²) >= 11 is 0. The molecular weight excluding hydrogens is 224 g/mol. The van der Waals surface area contributed by atoms with Crippen LogP contribution in [0.4, 0.5) is 0 Å². The van der Waals surface area contributed by atoms with E-state index in [2.05, 4.69) is 18.8 Å². The van der Waals surface area contributed by atoms with Gasteiger partial charge in [0.15, 0.2) is 11.5 Å². The van der Waals surface area contributed by atoms with Crippen molar-refractivity contribution >= 4 is 11.1 Å². The highest BCUT2D eigenvalue weighted by Crippen LogP contribution is 2.22. The van der Waals surface area contributed by atoms with Crippen molar-refractivity contribution < 1.29 is 4.42 Å². The first kappa shape index (κ1) is 13.1. The summed E-state index contributed by atoms with van der Waals surface area (Å²) in [4.78, 5) is 4.55. The van der Waals surface area contributed by atoms with E-state index in [0.717, 1.165) is 35.4 Å². The molecule has 1 aromatic carbocycles. The van der Waals surface area contributed by atoms with Crippen molar-refractivity contribution in [2.24, 2.45) is 17.6 Å². The molecule has 0 fully saturated rings. The van der Waals surface area contributed by atoms with Crippen molar-refractivity contribution in [3.05, 3.63) is 29.7 Å². The predicted octanol–water partition coefficient (Wildman–Crippen LogP) is 3.30. The maximum Gasteiger partial charge on any atom is 0.195 e. The van der Waals surface area contributed by atoms with E-state index in [4.69, 9.17) is 10.2 Å². The number of rotatable bonds is 5. The molecule has 3 nitrogen and oxygen atoms in total. The molecule has 0 saturated carbocycles. The number of aryl methyl sites for hydroxylation is 1. The Hall–Kier alpha value is -1.35. The van der Waals surface area contributed by atoms with Gasteiger partial charge in [-0.25, -0.2) is 4.98 Å².